The Morgan fingerprint density at radius 1 is 1.20 bits per heavy atom. The van der Waals surface area contributed by atoms with Crippen LogP contribution in [-0.4, -0.2) is 0 Å². The first kappa shape index (κ1) is 12.5. The fraction of sp³-hybridized carbons (Fsp3) is 0.429. The molecule has 0 aliphatic heterocycles. The first-order valence-corrected chi connectivity index (χ1v) is 6.11. The molecule has 0 fully saturated rings. The fourth-order valence-corrected chi connectivity index (χ4v) is 1.76. The van der Waals surface area contributed by atoms with Gasteiger partial charge in [-0.3, -0.25) is 0 Å². The minimum absolute atomic E-state index is 0.575. The number of hydrogen-bond donors (Lipinski definition) is 0. The van der Waals surface area contributed by atoms with Gasteiger partial charge in [0, 0.05) is 0 Å². The largest absolute Gasteiger partial charge is 0.106 e. The molecule has 0 nitrogen and oxygen atoms in total. The summed E-state index contributed by atoms with van der Waals surface area (Å²) in [6, 6.07) is 8.71. The van der Waals surface area contributed by atoms with Gasteiger partial charge in [0.2, 0.25) is 0 Å². The van der Waals surface area contributed by atoms with Gasteiger partial charge in [0.1, 0.15) is 0 Å². The molecule has 2 unspecified atom stereocenters. The van der Waals surface area contributed by atoms with Gasteiger partial charge >= 0.3 is 0 Å². The smallest absolute Gasteiger partial charge is 0.0153 e. The van der Waals surface area contributed by atoms with E-state index in [1.165, 1.54) is 16.4 Å². The van der Waals surface area contributed by atoms with Gasteiger partial charge in [-0.25, -0.2) is 0 Å². The predicted octanol–water partition coefficient (Wildman–Crippen LogP) is 3.89. The van der Waals surface area contributed by atoms with E-state index in [4.69, 9.17) is 0 Å². The van der Waals surface area contributed by atoms with Crippen molar-refractivity contribution < 1.29 is 0 Å². The summed E-state index contributed by atoms with van der Waals surface area (Å²) in [7, 11) is 2.72. The fourth-order valence-electron chi connectivity index (χ4n) is 1.57. The number of hydrogen-bond acceptors (Lipinski definition) is 0. The van der Waals surface area contributed by atoms with E-state index in [1.807, 2.05) is 0 Å². The lowest BCUT2D eigenvalue weighted by atomic mass is 9.90. The van der Waals surface area contributed by atoms with Crippen LogP contribution < -0.4 is 5.30 Å². The van der Waals surface area contributed by atoms with Crippen LogP contribution in [0.2, 0.25) is 0 Å². The lowest BCUT2D eigenvalue weighted by Gasteiger charge is -2.16. The third-order valence-electron chi connectivity index (χ3n) is 2.89. The highest BCUT2D eigenvalue weighted by molar-refractivity contribution is 7.27. The van der Waals surface area contributed by atoms with Crippen molar-refractivity contribution in [3.63, 3.8) is 0 Å². The summed E-state index contributed by atoms with van der Waals surface area (Å²) in [4.78, 5) is 0. The van der Waals surface area contributed by atoms with E-state index in [1.54, 1.807) is 0 Å². The zero-order valence-corrected chi connectivity index (χ0v) is 11.1. The SMILES string of the molecule is C=C(CC(C)c1ccc(P)cc1)C(C)C. The lowest BCUT2D eigenvalue weighted by molar-refractivity contribution is 0.655. The average molecular weight is 220 g/mol. The zero-order valence-electron chi connectivity index (χ0n) is 9.96. The summed E-state index contributed by atoms with van der Waals surface area (Å²) in [6.45, 7) is 10.8. The van der Waals surface area contributed by atoms with Crippen molar-refractivity contribution >= 4 is 14.5 Å². The molecule has 1 heteroatoms. The second-order valence-corrected chi connectivity index (χ2v) is 5.25. The van der Waals surface area contributed by atoms with E-state index >= 15 is 0 Å². The molecule has 1 rings (SSSR count). The summed E-state index contributed by atoms with van der Waals surface area (Å²) < 4.78 is 0. The summed E-state index contributed by atoms with van der Waals surface area (Å²) in [5.74, 6) is 1.17. The van der Waals surface area contributed by atoms with Crippen molar-refractivity contribution in [2.75, 3.05) is 0 Å². The van der Waals surface area contributed by atoms with Gasteiger partial charge in [0.05, 0.1) is 0 Å². The molecule has 0 heterocycles. The average Bonchev–Trinajstić information content (AvgIpc) is 2.18. The Morgan fingerprint density at radius 3 is 2.20 bits per heavy atom. The van der Waals surface area contributed by atoms with E-state index in [0.717, 1.165) is 6.42 Å². The maximum absolute atomic E-state index is 4.13. The Morgan fingerprint density at radius 2 is 1.73 bits per heavy atom. The molecular formula is C14H21P. The molecule has 0 N–H and O–H groups in total. The van der Waals surface area contributed by atoms with Crippen LogP contribution in [0.1, 0.15) is 38.7 Å². The molecule has 2 atom stereocenters. The quantitative estimate of drug-likeness (QED) is 0.533. The van der Waals surface area contributed by atoms with Crippen molar-refractivity contribution in [1.29, 1.82) is 0 Å². The van der Waals surface area contributed by atoms with E-state index in [-0.39, 0.29) is 0 Å². The summed E-state index contributed by atoms with van der Waals surface area (Å²) in [6.07, 6.45) is 1.09. The van der Waals surface area contributed by atoms with Gasteiger partial charge in [-0.05, 0) is 29.1 Å². The minimum atomic E-state index is 0.575. The molecule has 1 aromatic rings. The maximum Gasteiger partial charge on any atom is -0.0153 e. The Hall–Kier alpha value is -0.610. The lowest BCUT2D eigenvalue weighted by Crippen LogP contribution is -2.01. The minimum Gasteiger partial charge on any atom is -0.106 e. The van der Waals surface area contributed by atoms with Crippen LogP contribution in [0.4, 0.5) is 0 Å². The zero-order chi connectivity index (χ0) is 11.4. The molecule has 0 bridgehead atoms. The molecule has 82 valence electrons. The highest BCUT2D eigenvalue weighted by atomic mass is 31.0. The van der Waals surface area contributed by atoms with Crippen LogP contribution in [0.3, 0.4) is 0 Å². The Balaban J connectivity index is 2.65. The van der Waals surface area contributed by atoms with Crippen molar-refractivity contribution in [3.8, 4) is 0 Å². The molecular weight excluding hydrogens is 199 g/mol. The monoisotopic (exact) mass is 220 g/mol. The molecule has 0 saturated carbocycles. The molecule has 0 aromatic heterocycles. The Labute approximate surface area is 96.0 Å². The third-order valence-corrected chi connectivity index (χ3v) is 3.28. The maximum atomic E-state index is 4.13. The van der Waals surface area contributed by atoms with Gasteiger partial charge < -0.3 is 0 Å². The number of allylic oxidation sites excluding steroid dienone is 1. The van der Waals surface area contributed by atoms with Crippen molar-refractivity contribution in [3.05, 3.63) is 42.0 Å². The van der Waals surface area contributed by atoms with Crippen molar-refractivity contribution in [2.24, 2.45) is 5.92 Å². The Bertz CT molecular complexity index is 322. The van der Waals surface area contributed by atoms with Crippen LogP contribution in [-0.2, 0) is 0 Å². The summed E-state index contributed by atoms with van der Waals surface area (Å²) in [5.41, 5.74) is 2.75. The molecule has 0 aliphatic carbocycles. The second-order valence-electron chi connectivity index (χ2n) is 4.58. The van der Waals surface area contributed by atoms with Gasteiger partial charge in [0.25, 0.3) is 0 Å². The van der Waals surface area contributed by atoms with Gasteiger partial charge in [-0.2, -0.15) is 0 Å². The first-order chi connectivity index (χ1) is 7.00. The summed E-state index contributed by atoms with van der Waals surface area (Å²) >= 11 is 0. The molecule has 15 heavy (non-hydrogen) atoms. The van der Waals surface area contributed by atoms with E-state index in [9.17, 15) is 0 Å². The van der Waals surface area contributed by atoms with Crippen LogP contribution in [0, 0.1) is 5.92 Å². The first-order valence-electron chi connectivity index (χ1n) is 5.53. The molecule has 0 amide bonds. The molecule has 0 radical (unpaired) electrons. The van der Waals surface area contributed by atoms with Gasteiger partial charge in [0.15, 0.2) is 0 Å². The Kier molecular flexibility index (Phi) is 4.54. The van der Waals surface area contributed by atoms with Crippen molar-refractivity contribution in [2.45, 2.75) is 33.1 Å². The van der Waals surface area contributed by atoms with Crippen LogP contribution >= 0.6 is 9.24 Å². The standard InChI is InChI=1S/C14H21P/c1-10(2)11(3)9-12(4)13-5-7-14(15)8-6-13/h5-8,10,12H,3,9,15H2,1-2,4H3. The predicted molar refractivity (Wildman–Crippen MR) is 72.8 cm³/mol. The van der Waals surface area contributed by atoms with Crippen LogP contribution in [0.25, 0.3) is 0 Å². The number of benzene rings is 1. The topological polar surface area (TPSA) is 0 Å². The van der Waals surface area contributed by atoms with Gasteiger partial charge in [-0.15, -0.1) is 9.24 Å². The molecule has 0 saturated heterocycles. The second kappa shape index (κ2) is 5.47. The van der Waals surface area contributed by atoms with E-state index in [0.29, 0.717) is 11.8 Å². The highest BCUT2D eigenvalue weighted by Gasteiger charge is 2.09. The normalized spacial score (nSPS) is 12.9. The van der Waals surface area contributed by atoms with E-state index in [2.05, 4.69) is 60.9 Å². The molecule has 1 aromatic carbocycles. The molecule has 0 aliphatic rings. The van der Waals surface area contributed by atoms with Gasteiger partial charge in [-0.1, -0.05) is 57.2 Å². The van der Waals surface area contributed by atoms with Crippen molar-refractivity contribution in [1.82, 2.24) is 0 Å². The summed E-state index contributed by atoms with van der Waals surface area (Å²) in [5, 5.41) is 1.24. The molecule has 0 spiro atoms. The van der Waals surface area contributed by atoms with Crippen LogP contribution in [0.15, 0.2) is 36.4 Å². The van der Waals surface area contributed by atoms with E-state index < -0.39 is 0 Å². The highest BCUT2D eigenvalue weighted by Crippen LogP contribution is 2.25. The number of rotatable bonds is 4. The third kappa shape index (κ3) is 3.80. The van der Waals surface area contributed by atoms with Crippen LogP contribution in [0.5, 0.6) is 0 Å².